The van der Waals surface area contributed by atoms with Gasteiger partial charge < -0.3 is 4.42 Å². The van der Waals surface area contributed by atoms with Crippen molar-refractivity contribution in [3.63, 3.8) is 0 Å². The molecular formula is C24H14ClN2O+. The van der Waals surface area contributed by atoms with E-state index in [1.165, 1.54) is 21.5 Å². The van der Waals surface area contributed by atoms with E-state index < -0.39 is 0 Å². The molecule has 0 spiro atoms. The van der Waals surface area contributed by atoms with E-state index in [1.54, 1.807) is 6.20 Å². The van der Waals surface area contributed by atoms with Gasteiger partial charge in [-0.25, -0.2) is 4.98 Å². The van der Waals surface area contributed by atoms with Crippen LogP contribution < -0.4 is 4.57 Å². The van der Waals surface area contributed by atoms with Gasteiger partial charge in [-0.1, -0.05) is 60.1 Å². The monoisotopic (exact) mass is 381 g/mol. The lowest BCUT2D eigenvalue weighted by atomic mass is 10.0. The Morgan fingerprint density at radius 1 is 0.750 bits per heavy atom. The second-order valence-corrected chi connectivity index (χ2v) is 7.26. The van der Waals surface area contributed by atoms with E-state index in [1.807, 2.05) is 28.8 Å². The number of benzene rings is 4. The molecule has 0 amide bonds. The molecule has 0 radical (unpaired) electrons. The average Bonchev–Trinajstić information content (AvgIpc) is 3.11. The van der Waals surface area contributed by atoms with E-state index in [0.29, 0.717) is 10.9 Å². The van der Waals surface area contributed by atoms with Crippen LogP contribution in [0.3, 0.4) is 0 Å². The maximum atomic E-state index is 6.35. The predicted molar refractivity (Wildman–Crippen MR) is 113 cm³/mol. The van der Waals surface area contributed by atoms with Crippen LogP contribution in [0.2, 0.25) is 5.15 Å². The van der Waals surface area contributed by atoms with Crippen LogP contribution in [-0.4, -0.2) is 4.98 Å². The molecule has 0 N–H and O–H groups in total. The topological polar surface area (TPSA) is 29.9 Å². The number of fused-ring (bicyclic) bond motifs is 6. The Hall–Kier alpha value is -3.43. The van der Waals surface area contributed by atoms with Crippen molar-refractivity contribution in [3.05, 3.63) is 90.2 Å². The Labute approximate surface area is 165 Å². The Morgan fingerprint density at radius 2 is 1.50 bits per heavy atom. The van der Waals surface area contributed by atoms with Crippen LogP contribution >= 0.6 is 11.6 Å². The fraction of sp³-hybridized carbons (Fsp3) is 0. The summed E-state index contributed by atoms with van der Waals surface area (Å²) >= 11 is 6.35. The van der Waals surface area contributed by atoms with Crippen LogP contribution in [0.25, 0.3) is 49.4 Å². The van der Waals surface area contributed by atoms with Crippen molar-refractivity contribution < 1.29 is 8.98 Å². The number of rotatable bonds is 1. The van der Waals surface area contributed by atoms with Gasteiger partial charge in [0.1, 0.15) is 5.58 Å². The number of para-hydroxylation sites is 1. The Bertz CT molecular complexity index is 1530. The van der Waals surface area contributed by atoms with E-state index in [-0.39, 0.29) is 0 Å². The van der Waals surface area contributed by atoms with Gasteiger partial charge in [0.15, 0.2) is 10.7 Å². The summed E-state index contributed by atoms with van der Waals surface area (Å²) in [6.45, 7) is 0. The molecule has 0 saturated heterocycles. The van der Waals surface area contributed by atoms with Crippen LogP contribution in [0.1, 0.15) is 0 Å². The van der Waals surface area contributed by atoms with E-state index >= 15 is 0 Å². The van der Waals surface area contributed by atoms with Gasteiger partial charge in [-0.2, -0.15) is 0 Å². The minimum Gasteiger partial charge on any atom is -0.402 e. The molecule has 132 valence electrons. The molecule has 6 aromatic rings. The molecule has 4 aromatic carbocycles. The van der Waals surface area contributed by atoms with Gasteiger partial charge in [-0.3, -0.25) is 0 Å². The van der Waals surface area contributed by atoms with Crippen molar-refractivity contribution in [1.82, 2.24) is 4.98 Å². The van der Waals surface area contributed by atoms with Gasteiger partial charge in [-0.15, -0.1) is 4.57 Å². The van der Waals surface area contributed by atoms with Crippen LogP contribution in [-0.2, 0) is 0 Å². The molecule has 0 aliphatic carbocycles. The molecule has 0 aliphatic heterocycles. The zero-order chi connectivity index (χ0) is 18.7. The molecule has 3 nitrogen and oxygen atoms in total. The highest BCUT2D eigenvalue weighted by Crippen LogP contribution is 2.29. The van der Waals surface area contributed by atoms with Crippen LogP contribution in [0, 0.1) is 0 Å². The van der Waals surface area contributed by atoms with Crippen LogP contribution in [0.5, 0.6) is 0 Å². The van der Waals surface area contributed by atoms with Crippen molar-refractivity contribution >= 4 is 55.3 Å². The second-order valence-electron chi connectivity index (χ2n) is 6.88. The number of hydrogen-bond donors (Lipinski definition) is 0. The third-order valence-corrected chi connectivity index (χ3v) is 5.41. The fourth-order valence-corrected chi connectivity index (χ4v) is 4.12. The lowest BCUT2D eigenvalue weighted by molar-refractivity contribution is -0.574. The van der Waals surface area contributed by atoms with Crippen molar-refractivity contribution in [3.8, 4) is 5.69 Å². The summed E-state index contributed by atoms with van der Waals surface area (Å²) < 4.78 is 8.09. The zero-order valence-corrected chi connectivity index (χ0v) is 15.5. The van der Waals surface area contributed by atoms with E-state index in [4.69, 9.17) is 16.0 Å². The average molecular weight is 382 g/mol. The molecule has 2 heterocycles. The highest BCUT2D eigenvalue weighted by atomic mass is 35.5. The first-order valence-corrected chi connectivity index (χ1v) is 9.47. The first kappa shape index (κ1) is 15.6. The quantitative estimate of drug-likeness (QED) is 0.250. The first-order chi connectivity index (χ1) is 13.8. The lowest BCUT2D eigenvalue weighted by Crippen LogP contribution is -2.31. The standard InChI is InChI=1S/C24H14ClN2O/c25-22-14-27(24-23(26-22)20-7-3-4-8-21(20)28-24)17-11-12-19-16(13-17)10-9-15-5-1-2-6-18(15)19/h1-14H/q+1. The molecular weight excluding hydrogens is 368 g/mol. The summed E-state index contributed by atoms with van der Waals surface area (Å²) in [6.07, 6.45) is 1.80. The van der Waals surface area contributed by atoms with Gasteiger partial charge in [0, 0.05) is 12.1 Å². The van der Waals surface area contributed by atoms with Gasteiger partial charge in [0.05, 0.1) is 5.39 Å². The molecule has 0 saturated carbocycles. The summed E-state index contributed by atoms with van der Waals surface area (Å²) in [7, 11) is 0. The summed E-state index contributed by atoms with van der Waals surface area (Å²) in [5.74, 6) is 0. The molecule has 0 bridgehead atoms. The van der Waals surface area contributed by atoms with Crippen LogP contribution in [0.15, 0.2) is 89.5 Å². The lowest BCUT2D eigenvalue weighted by Gasteiger charge is -2.04. The van der Waals surface area contributed by atoms with Gasteiger partial charge in [0.2, 0.25) is 11.9 Å². The first-order valence-electron chi connectivity index (χ1n) is 9.09. The van der Waals surface area contributed by atoms with Crippen molar-refractivity contribution in [2.75, 3.05) is 0 Å². The molecule has 0 aliphatic rings. The predicted octanol–water partition coefficient (Wildman–Crippen LogP) is 6.22. The summed E-state index contributed by atoms with van der Waals surface area (Å²) in [4.78, 5) is 4.50. The summed E-state index contributed by atoms with van der Waals surface area (Å²) in [5.41, 5.74) is 3.23. The highest BCUT2D eigenvalue weighted by Gasteiger charge is 2.22. The normalized spacial score (nSPS) is 11.8. The number of aromatic nitrogens is 2. The molecule has 2 aromatic heterocycles. The summed E-state index contributed by atoms with van der Waals surface area (Å²) in [5, 5.41) is 6.27. The molecule has 28 heavy (non-hydrogen) atoms. The Morgan fingerprint density at radius 3 is 2.43 bits per heavy atom. The SMILES string of the molecule is Clc1c[n+](-c2ccc3c(ccc4ccccc43)c2)c2oc3ccccc3c2n1. The van der Waals surface area contributed by atoms with E-state index in [9.17, 15) is 0 Å². The van der Waals surface area contributed by atoms with Crippen molar-refractivity contribution in [2.24, 2.45) is 0 Å². The summed E-state index contributed by atoms with van der Waals surface area (Å²) in [6, 6.07) is 27.0. The fourth-order valence-electron chi connectivity index (χ4n) is 3.93. The number of halogens is 1. The molecule has 0 fully saturated rings. The maximum absolute atomic E-state index is 6.35. The number of furan rings is 1. The Balaban J connectivity index is 1.66. The van der Waals surface area contributed by atoms with Crippen molar-refractivity contribution in [1.29, 1.82) is 0 Å². The third kappa shape index (κ3) is 2.23. The smallest absolute Gasteiger partial charge is 0.402 e. The van der Waals surface area contributed by atoms with Crippen LogP contribution in [0.4, 0.5) is 0 Å². The molecule has 4 heteroatoms. The van der Waals surface area contributed by atoms with E-state index in [2.05, 4.69) is 59.6 Å². The van der Waals surface area contributed by atoms with Gasteiger partial charge in [0.25, 0.3) is 0 Å². The number of nitrogens with zero attached hydrogens (tertiary/aromatic N) is 2. The largest absolute Gasteiger partial charge is 0.406 e. The zero-order valence-electron chi connectivity index (χ0n) is 14.8. The van der Waals surface area contributed by atoms with Crippen molar-refractivity contribution in [2.45, 2.75) is 0 Å². The van der Waals surface area contributed by atoms with Gasteiger partial charge >= 0.3 is 5.71 Å². The third-order valence-electron chi connectivity index (χ3n) is 5.23. The maximum Gasteiger partial charge on any atom is 0.406 e. The van der Waals surface area contributed by atoms with Gasteiger partial charge in [-0.05, 0) is 39.7 Å². The second kappa shape index (κ2) is 5.78. The minimum atomic E-state index is 0.428. The Kier molecular flexibility index (Phi) is 3.22. The number of hydrogen-bond acceptors (Lipinski definition) is 2. The van der Waals surface area contributed by atoms with E-state index in [0.717, 1.165) is 22.2 Å². The minimum absolute atomic E-state index is 0.428. The molecule has 0 atom stereocenters. The molecule has 0 unspecified atom stereocenters. The molecule has 6 rings (SSSR count). The highest BCUT2D eigenvalue weighted by molar-refractivity contribution is 6.29.